The topological polar surface area (TPSA) is 73.8 Å². The predicted molar refractivity (Wildman–Crippen MR) is 152 cm³/mol. The first-order valence-electron chi connectivity index (χ1n) is 11.2. The van der Waals surface area contributed by atoms with Crippen LogP contribution in [0.3, 0.4) is 0 Å². The van der Waals surface area contributed by atoms with Crippen LogP contribution in [0.25, 0.3) is 10.2 Å². The van der Waals surface area contributed by atoms with Crippen molar-refractivity contribution in [1.29, 1.82) is 0 Å². The Balaban J connectivity index is 0.00000456. The minimum absolute atomic E-state index is 0. The number of hydrogen-bond acceptors (Lipinski definition) is 6. The normalized spacial score (nSPS) is 11.5. The summed E-state index contributed by atoms with van der Waals surface area (Å²) in [4.78, 5) is 22.1. The highest BCUT2D eigenvalue weighted by molar-refractivity contribution is 7.89. The van der Waals surface area contributed by atoms with Gasteiger partial charge in [-0.25, -0.2) is 13.4 Å². The molecule has 1 aromatic heterocycles. The van der Waals surface area contributed by atoms with Crippen LogP contribution in [0, 0.1) is 13.8 Å². The summed E-state index contributed by atoms with van der Waals surface area (Å²) in [6.07, 6.45) is 3.06. The second-order valence-electron chi connectivity index (χ2n) is 8.61. The monoisotopic (exact) mass is 548 g/mol. The van der Waals surface area contributed by atoms with Gasteiger partial charge in [0.15, 0.2) is 5.13 Å². The Bertz CT molecular complexity index is 1330. The smallest absolute Gasteiger partial charge is 0.260 e. The van der Waals surface area contributed by atoms with E-state index in [0.717, 1.165) is 21.3 Å². The molecule has 0 bridgehead atoms. The van der Waals surface area contributed by atoms with Crippen molar-refractivity contribution in [2.24, 2.45) is 0 Å². The van der Waals surface area contributed by atoms with E-state index in [-0.39, 0.29) is 36.3 Å². The molecule has 0 saturated heterocycles. The second kappa shape index (κ2) is 12.6. The number of nitrogens with zero attached hydrogens (tertiary/aromatic N) is 4. The molecule has 0 unspecified atom stereocenters. The van der Waals surface area contributed by atoms with Crippen LogP contribution in [-0.2, 0) is 10.0 Å². The van der Waals surface area contributed by atoms with E-state index in [9.17, 15) is 13.2 Å². The van der Waals surface area contributed by atoms with Crippen molar-refractivity contribution in [3.63, 3.8) is 0 Å². The van der Waals surface area contributed by atoms with Gasteiger partial charge in [-0.05, 0) is 69.4 Å². The van der Waals surface area contributed by atoms with Crippen LogP contribution in [0.5, 0.6) is 0 Å². The number of carbonyl (C=O) groups excluding carboxylic acids is 1. The Labute approximate surface area is 224 Å². The molecular weight excluding hydrogens is 516 g/mol. The molecule has 7 nitrogen and oxygen atoms in total. The number of aryl methyl sites for hydroxylation is 2. The third kappa shape index (κ3) is 6.60. The van der Waals surface area contributed by atoms with Gasteiger partial charge in [-0.15, -0.1) is 25.6 Å². The highest BCUT2D eigenvalue weighted by atomic mass is 35.5. The van der Waals surface area contributed by atoms with Crippen molar-refractivity contribution in [3.05, 3.63) is 78.4 Å². The molecule has 0 radical (unpaired) electrons. The Hall–Kier alpha value is -2.56. The molecule has 3 rings (SSSR count). The maximum atomic E-state index is 13.6. The lowest BCUT2D eigenvalue weighted by atomic mass is 10.1. The van der Waals surface area contributed by atoms with Gasteiger partial charge in [0.2, 0.25) is 10.0 Å². The van der Waals surface area contributed by atoms with Crippen LogP contribution in [0.1, 0.15) is 21.5 Å². The summed E-state index contributed by atoms with van der Waals surface area (Å²) in [6, 6.07) is 10.2. The lowest BCUT2D eigenvalue weighted by Gasteiger charge is -2.22. The van der Waals surface area contributed by atoms with Crippen molar-refractivity contribution in [2.45, 2.75) is 18.7 Å². The van der Waals surface area contributed by atoms with Crippen molar-refractivity contribution in [3.8, 4) is 0 Å². The molecule has 0 fully saturated rings. The van der Waals surface area contributed by atoms with Gasteiger partial charge in [0.1, 0.15) is 0 Å². The van der Waals surface area contributed by atoms with Gasteiger partial charge in [0.25, 0.3) is 5.91 Å². The standard InChI is InChI=1S/C26H32N4O3S2.ClH/c1-7-13-29(14-8-2)35(32,33)22-11-9-21(10-12-22)25(31)30(16-15-28(5)6)26-27-24-20(4)17-19(3)18-23(24)34-26;/h7-12,17-18H,1-2,13-16H2,3-6H3;1H. The molecule has 194 valence electrons. The van der Waals surface area contributed by atoms with Crippen LogP contribution >= 0.6 is 23.7 Å². The Morgan fingerprint density at radius 1 is 1.03 bits per heavy atom. The van der Waals surface area contributed by atoms with Crippen molar-refractivity contribution >= 4 is 55.0 Å². The largest absolute Gasteiger partial charge is 0.308 e. The third-order valence-electron chi connectivity index (χ3n) is 5.47. The summed E-state index contributed by atoms with van der Waals surface area (Å²) in [7, 11) is 0.163. The van der Waals surface area contributed by atoms with E-state index in [2.05, 4.69) is 25.3 Å². The number of aromatic nitrogens is 1. The van der Waals surface area contributed by atoms with Crippen LogP contribution in [0.15, 0.2) is 66.6 Å². The molecule has 3 aromatic rings. The van der Waals surface area contributed by atoms with Crippen molar-refractivity contribution < 1.29 is 13.2 Å². The molecule has 10 heteroatoms. The number of amides is 1. The van der Waals surface area contributed by atoms with E-state index >= 15 is 0 Å². The lowest BCUT2D eigenvalue weighted by molar-refractivity contribution is 0.0985. The first-order valence-corrected chi connectivity index (χ1v) is 13.5. The van der Waals surface area contributed by atoms with Crippen LogP contribution in [0.2, 0.25) is 0 Å². The van der Waals surface area contributed by atoms with Gasteiger partial charge in [-0.3, -0.25) is 9.69 Å². The van der Waals surface area contributed by atoms with E-state index < -0.39 is 10.0 Å². The summed E-state index contributed by atoms with van der Waals surface area (Å²) in [5.74, 6) is -0.224. The number of sulfonamides is 1. The molecule has 2 aromatic carbocycles. The van der Waals surface area contributed by atoms with Crippen molar-refractivity contribution in [2.75, 3.05) is 45.2 Å². The van der Waals surface area contributed by atoms with Gasteiger partial charge in [0, 0.05) is 31.7 Å². The minimum atomic E-state index is -3.74. The molecule has 0 saturated carbocycles. The Morgan fingerprint density at radius 3 is 2.19 bits per heavy atom. The summed E-state index contributed by atoms with van der Waals surface area (Å²) >= 11 is 1.48. The molecule has 0 aliphatic rings. The van der Waals surface area contributed by atoms with E-state index in [1.807, 2.05) is 32.8 Å². The number of halogens is 1. The highest BCUT2D eigenvalue weighted by Crippen LogP contribution is 2.32. The zero-order valence-electron chi connectivity index (χ0n) is 21.1. The summed E-state index contributed by atoms with van der Waals surface area (Å²) < 4.78 is 28.3. The molecular formula is C26H33ClN4O3S2. The maximum Gasteiger partial charge on any atom is 0.260 e. The second-order valence-corrected chi connectivity index (χ2v) is 11.6. The van der Waals surface area contributed by atoms with Crippen molar-refractivity contribution in [1.82, 2.24) is 14.2 Å². The molecule has 1 heterocycles. The summed E-state index contributed by atoms with van der Waals surface area (Å²) in [6.45, 7) is 12.8. The Kier molecular flexibility index (Phi) is 10.4. The van der Waals surface area contributed by atoms with Gasteiger partial charge < -0.3 is 4.90 Å². The first-order chi connectivity index (χ1) is 16.6. The fourth-order valence-electron chi connectivity index (χ4n) is 3.69. The zero-order valence-corrected chi connectivity index (χ0v) is 23.5. The first kappa shape index (κ1) is 29.7. The Morgan fingerprint density at radius 2 is 1.64 bits per heavy atom. The molecule has 36 heavy (non-hydrogen) atoms. The summed E-state index contributed by atoms with van der Waals surface area (Å²) in [5, 5.41) is 0.625. The molecule has 1 amide bonds. The number of hydrogen-bond donors (Lipinski definition) is 0. The molecule has 0 atom stereocenters. The summed E-state index contributed by atoms with van der Waals surface area (Å²) in [5.41, 5.74) is 3.51. The van der Waals surface area contributed by atoms with E-state index in [0.29, 0.717) is 23.8 Å². The van der Waals surface area contributed by atoms with E-state index in [1.165, 1.54) is 39.9 Å². The molecule has 0 aliphatic carbocycles. The van der Waals surface area contributed by atoms with Gasteiger partial charge in [-0.1, -0.05) is 29.6 Å². The predicted octanol–water partition coefficient (Wildman–Crippen LogP) is 4.91. The maximum absolute atomic E-state index is 13.6. The highest BCUT2D eigenvalue weighted by Gasteiger charge is 2.25. The number of rotatable bonds is 11. The fourth-order valence-corrected chi connectivity index (χ4v) is 6.24. The molecule has 0 spiro atoms. The molecule has 0 N–H and O–H groups in total. The fraction of sp³-hybridized carbons (Fsp3) is 0.308. The SMILES string of the molecule is C=CCN(CC=C)S(=O)(=O)c1ccc(C(=O)N(CCN(C)C)c2nc3c(C)cc(C)cc3s2)cc1.Cl. The van der Waals surface area contributed by atoms with E-state index in [4.69, 9.17) is 4.98 Å². The minimum Gasteiger partial charge on any atom is -0.308 e. The number of anilines is 1. The van der Waals surface area contributed by atoms with Gasteiger partial charge in [0.05, 0.1) is 15.1 Å². The van der Waals surface area contributed by atoms with Gasteiger partial charge >= 0.3 is 0 Å². The quantitative estimate of drug-likeness (QED) is 0.318. The lowest BCUT2D eigenvalue weighted by Crippen LogP contribution is -2.36. The van der Waals surface area contributed by atoms with Gasteiger partial charge in [-0.2, -0.15) is 4.31 Å². The van der Waals surface area contributed by atoms with Crippen LogP contribution in [0.4, 0.5) is 5.13 Å². The number of carbonyl (C=O) groups is 1. The number of benzene rings is 2. The van der Waals surface area contributed by atoms with Crippen LogP contribution in [-0.4, -0.2) is 68.8 Å². The number of thiazole rings is 1. The van der Waals surface area contributed by atoms with E-state index in [1.54, 1.807) is 17.0 Å². The number of likely N-dealkylation sites (N-methyl/N-ethyl adjacent to an activating group) is 1. The average molecular weight is 549 g/mol. The van der Waals surface area contributed by atoms with Crippen LogP contribution < -0.4 is 4.90 Å². The third-order valence-corrected chi connectivity index (χ3v) is 8.34. The zero-order chi connectivity index (χ0) is 25.8. The molecule has 0 aliphatic heterocycles. The average Bonchev–Trinajstić information content (AvgIpc) is 3.23. The number of fused-ring (bicyclic) bond motifs is 1.